The highest BCUT2D eigenvalue weighted by Gasteiger charge is 1.84. The second-order valence-electron chi connectivity index (χ2n) is 2.83. The topological polar surface area (TPSA) is 61.1 Å². The molecule has 0 amide bonds. The summed E-state index contributed by atoms with van der Waals surface area (Å²) in [5, 5.41) is 0. The predicted octanol–water partition coefficient (Wildman–Crippen LogP) is 0.619. The van der Waals surface area contributed by atoms with Crippen LogP contribution in [0.15, 0.2) is 42.7 Å². The number of pyridine rings is 1. The molecule has 1 aromatic rings. The second kappa shape index (κ2) is 7.14. The van der Waals surface area contributed by atoms with E-state index in [9.17, 15) is 13.0 Å². The molecule has 4 nitrogen and oxygen atoms in total. The number of rotatable bonds is 2. The van der Waals surface area contributed by atoms with Crippen molar-refractivity contribution in [3.63, 3.8) is 0 Å². The van der Waals surface area contributed by atoms with Crippen LogP contribution in [-0.4, -0.2) is 18.7 Å². The molecule has 0 saturated heterocycles. The van der Waals surface area contributed by atoms with Gasteiger partial charge in [-0.05, 0) is 6.92 Å². The van der Waals surface area contributed by atoms with Crippen LogP contribution in [0.4, 0.5) is 0 Å². The molecule has 0 aliphatic rings. The summed E-state index contributed by atoms with van der Waals surface area (Å²) in [5.41, 5.74) is 0. The lowest BCUT2D eigenvalue weighted by Crippen LogP contribution is -2.25. The molecule has 0 radical (unpaired) electrons. The first-order valence-corrected chi connectivity index (χ1v) is 5.98. The van der Waals surface area contributed by atoms with Crippen LogP contribution in [0.5, 0.6) is 0 Å². The highest BCUT2D eigenvalue weighted by Crippen LogP contribution is 1.81. The third-order valence-corrected chi connectivity index (χ3v) is 2.00. The molecule has 0 spiro atoms. The lowest BCUT2D eigenvalue weighted by atomic mass is 10.5. The number of aromatic nitrogens is 1. The van der Waals surface area contributed by atoms with Gasteiger partial charge in [-0.3, -0.25) is 0 Å². The van der Waals surface area contributed by atoms with Gasteiger partial charge in [-0.2, -0.15) is 0 Å². The Bertz CT molecular complexity index is 384. The van der Waals surface area contributed by atoms with E-state index in [4.69, 9.17) is 0 Å². The number of allylic oxidation sites excluding steroid dienone is 1. The zero-order valence-corrected chi connectivity index (χ0v) is 9.65. The third-order valence-electron chi connectivity index (χ3n) is 1.40. The molecule has 0 saturated carbocycles. The van der Waals surface area contributed by atoms with Crippen molar-refractivity contribution < 1.29 is 17.5 Å². The van der Waals surface area contributed by atoms with Gasteiger partial charge in [-0.1, -0.05) is 18.2 Å². The minimum atomic E-state index is -4.02. The zero-order chi connectivity index (χ0) is 11.7. The maximum absolute atomic E-state index is 9.78. The van der Waals surface area contributed by atoms with Crippen LogP contribution in [-0.2, 0) is 17.2 Å². The fraction of sp³-hybridized carbons (Fsp3) is 0.300. The first-order chi connectivity index (χ1) is 6.95. The van der Waals surface area contributed by atoms with Crippen molar-refractivity contribution in [1.29, 1.82) is 0 Å². The van der Waals surface area contributed by atoms with Gasteiger partial charge in [0.15, 0.2) is 12.4 Å². The van der Waals surface area contributed by atoms with Gasteiger partial charge in [-0.15, -0.1) is 0 Å². The number of hydrogen-bond acceptors (Lipinski definition) is 3. The highest BCUT2D eigenvalue weighted by atomic mass is 32.2. The average molecular weight is 229 g/mol. The van der Waals surface area contributed by atoms with Gasteiger partial charge in [0.2, 0.25) is 0 Å². The van der Waals surface area contributed by atoms with E-state index in [1.807, 2.05) is 42.2 Å². The molecule has 1 aromatic heterocycles. The summed E-state index contributed by atoms with van der Waals surface area (Å²) in [7, 11) is -2.02. The van der Waals surface area contributed by atoms with Crippen molar-refractivity contribution >= 4 is 10.1 Å². The molecule has 1 rings (SSSR count). The lowest BCUT2D eigenvalue weighted by molar-refractivity contribution is -0.671. The van der Waals surface area contributed by atoms with Crippen molar-refractivity contribution in [2.45, 2.75) is 6.92 Å². The van der Waals surface area contributed by atoms with Crippen molar-refractivity contribution in [2.75, 3.05) is 5.75 Å². The van der Waals surface area contributed by atoms with Crippen LogP contribution in [0.25, 0.3) is 0 Å². The van der Waals surface area contributed by atoms with E-state index in [1.165, 1.54) is 12.2 Å². The Morgan fingerprint density at radius 1 is 1.27 bits per heavy atom. The molecule has 0 aromatic carbocycles. The van der Waals surface area contributed by atoms with Crippen molar-refractivity contribution in [1.82, 2.24) is 0 Å². The molecule has 0 unspecified atom stereocenters. The second-order valence-corrected chi connectivity index (χ2v) is 4.28. The van der Waals surface area contributed by atoms with Gasteiger partial charge in [0.1, 0.15) is 7.05 Å². The van der Waals surface area contributed by atoms with E-state index in [0.29, 0.717) is 0 Å². The first-order valence-electron chi connectivity index (χ1n) is 4.40. The van der Waals surface area contributed by atoms with Crippen LogP contribution >= 0.6 is 0 Å². The fourth-order valence-corrected chi connectivity index (χ4v) is 1.13. The van der Waals surface area contributed by atoms with Crippen LogP contribution in [0, 0.1) is 0 Å². The molecule has 0 atom stereocenters. The SMILES string of the molecule is CC=CCS(=O)(=O)[O-].C[n+]1ccccc1. The maximum Gasteiger partial charge on any atom is 0.168 e. The highest BCUT2D eigenvalue weighted by molar-refractivity contribution is 7.85. The summed E-state index contributed by atoms with van der Waals surface area (Å²) in [6.07, 6.45) is 6.83. The number of aryl methyl sites for hydroxylation is 1. The monoisotopic (exact) mass is 229 g/mol. The van der Waals surface area contributed by atoms with Gasteiger partial charge in [0.05, 0.1) is 15.9 Å². The smallest absolute Gasteiger partial charge is 0.168 e. The van der Waals surface area contributed by atoms with E-state index in [1.54, 1.807) is 6.92 Å². The Morgan fingerprint density at radius 3 is 2.00 bits per heavy atom. The maximum atomic E-state index is 9.78. The molecule has 5 heteroatoms. The Morgan fingerprint density at radius 2 is 1.80 bits per heavy atom. The summed E-state index contributed by atoms with van der Waals surface area (Å²) < 4.78 is 31.4. The predicted molar refractivity (Wildman–Crippen MR) is 57.0 cm³/mol. The molecular formula is C10H15NO3S. The quantitative estimate of drug-likeness (QED) is 0.424. The molecule has 84 valence electrons. The minimum absolute atomic E-state index is 0.399. The number of nitrogens with zero attached hydrogens (tertiary/aromatic N) is 1. The summed E-state index contributed by atoms with van der Waals surface area (Å²) in [6.45, 7) is 1.66. The van der Waals surface area contributed by atoms with Crippen molar-refractivity contribution in [2.24, 2.45) is 7.05 Å². The molecule has 0 N–H and O–H groups in total. The van der Waals surface area contributed by atoms with Crippen LogP contribution in [0.1, 0.15) is 6.92 Å². The van der Waals surface area contributed by atoms with Gasteiger partial charge in [0, 0.05) is 12.1 Å². The lowest BCUT2D eigenvalue weighted by Gasteiger charge is -1.99. The average Bonchev–Trinajstić information content (AvgIpc) is 2.16. The summed E-state index contributed by atoms with van der Waals surface area (Å²) in [4.78, 5) is 0. The molecule has 0 bridgehead atoms. The normalized spacial score (nSPS) is 10.9. The van der Waals surface area contributed by atoms with Crippen LogP contribution < -0.4 is 4.57 Å². The van der Waals surface area contributed by atoms with Gasteiger partial charge in [0.25, 0.3) is 0 Å². The molecule has 0 aliphatic carbocycles. The molecule has 0 aliphatic heterocycles. The van der Waals surface area contributed by atoms with E-state index >= 15 is 0 Å². The summed E-state index contributed by atoms with van der Waals surface area (Å²) in [6, 6.07) is 6.00. The zero-order valence-electron chi connectivity index (χ0n) is 8.83. The van der Waals surface area contributed by atoms with Crippen LogP contribution in [0.2, 0.25) is 0 Å². The first kappa shape index (κ1) is 13.8. The Kier molecular flexibility index (Phi) is 6.57. The largest absolute Gasteiger partial charge is 0.748 e. The van der Waals surface area contributed by atoms with Crippen molar-refractivity contribution in [3.8, 4) is 0 Å². The van der Waals surface area contributed by atoms with Crippen LogP contribution in [0.3, 0.4) is 0 Å². The number of hydrogen-bond donors (Lipinski definition) is 0. The third kappa shape index (κ3) is 10.7. The Labute approximate surface area is 90.6 Å². The van der Waals surface area contributed by atoms with E-state index in [0.717, 1.165) is 0 Å². The Hall–Kier alpha value is -1.20. The Balaban J connectivity index is 0.000000262. The molecular weight excluding hydrogens is 214 g/mol. The molecule has 15 heavy (non-hydrogen) atoms. The summed E-state index contributed by atoms with van der Waals surface area (Å²) >= 11 is 0. The van der Waals surface area contributed by atoms with Crippen molar-refractivity contribution in [3.05, 3.63) is 42.7 Å². The van der Waals surface area contributed by atoms with Gasteiger partial charge >= 0.3 is 0 Å². The van der Waals surface area contributed by atoms with Gasteiger partial charge in [-0.25, -0.2) is 13.0 Å². The molecule has 0 fully saturated rings. The molecule has 1 heterocycles. The van der Waals surface area contributed by atoms with E-state index < -0.39 is 15.9 Å². The van der Waals surface area contributed by atoms with E-state index in [-0.39, 0.29) is 0 Å². The fourth-order valence-electron chi connectivity index (χ4n) is 0.699. The minimum Gasteiger partial charge on any atom is -0.748 e. The van der Waals surface area contributed by atoms with E-state index in [2.05, 4.69) is 0 Å². The van der Waals surface area contributed by atoms with Gasteiger partial charge < -0.3 is 4.55 Å². The standard InChI is InChI=1S/C6H8N.C4H8O3S/c1-7-5-3-2-4-6-7;1-2-3-4-8(5,6)7/h2-6H,1H3;2-3H,4H2,1H3,(H,5,6,7)/q+1;/p-1. The summed E-state index contributed by atoms with van der Waals surface area (Å²) in [5.74, 6) is -0.399.